The van der Waals surface area contributed by atoms with Crippen LogP contribution in [0.4, 0.5) is 5.69 Å². The number of carboxylic acid groups (broad SMARTS) is 1. The molecule has 0 aliphatic carbocycles. The number of benzene rings is 2. The lowest BCUT2D eigenvalue weighted by Gasteiger charge is -2.10. The number of aromatic amines is 1. The number of hydrogen-bond acceptors (Lipinski definition) is 5. The molecular formula is C26H23ClN4O4. The molecule has 0 amide bonds. The predicted molar refractivity (Wildman–Crippen MR) is 133 cm³/mol. The molecule has 0 radical (unpaired) electrons. The van der Waals surface area contributed by atoms with Crippen molar-refractivity contribution < 1.29 is 14.6 Å². The number of aromatic nitrogens is 3. The highest BCUT2D eigenvalue weighted by molar-refractivity contribution is 6.30. The van der Waals surface area contributed by atoms with Crippen LogP contribution in [0.1, 0.15) is 35.0 Å². The van der Waals surface area contributed by atoms with Crippen molar-refractivity contribution in [1.82, 2.24) is 14.5 Å². The van der Waals surface area contributed by atoms with Crippen LogP contribution in [0.5, 0.6) is 11.6 Å². The van der Waals surface area contributed by atoms with E-state index in [4.69, 9.17) is 21.4 Å². The first-order valence-corrected chi connectivity index (χ1v) is 11.4. The minimum Gasteiger partial charge on any atom is -0.477 e. The quantitative estimate of drug-likeness (QED) is 0.363. The number of rotatable bonds is 8. The van der Waals surface area contributed by atoms with Crippen LogP contribution in [0.2, 0.25) is 5.02 Å². The van der Waals surface area contributed by atoms with Crippen LogP contribution in [0.15, 0.2) is 82.7 Å². The average molecular weight is 491 g/mol. The Labute approximate surface area is 206 Å². The van der Waals surface area contributed by atoms with Gasteiger partial charge in [-0.1, -0.05) is 43.1 Å². The summed E-state index contributed by atoms with van der Waals surface area (Å²) in [7, 11) is 0. The molecule has 2 N–H and O–H groups in total. The van der Waals surface area contributed by atoms with Gasteiger partial charge in [-0.3, -0.25) is 9.36 Å². The van der Waals surface area contributed by atoms with Crippen molar-refractivity contribution in [1.29, 1.82) is 0 Å². The molecule has 2 heterocycles. The van der Waals surface area contributed by atoms with Gasteiger partial charge in [-0.2, -0.15) is 0 Å². The van der Waals surface area contributed by atoms with Crippen molar-refractivity contribution >= 4 is 23.3 Å². The SMILES string of the molecule is CCCc1c[nH]/c(=N\c2ccc(Oc3cccc(C(=O)O)n3)cc2)n(Cc2ccc(Cl)cc2)c1=O. The molecule has 0 aliphatic heterocycles. The molecule has 4 rings (SSSR count). The first kappa shape index (κ1) is 24.0. The summed E-state index contributed by atoms with van der Waals surface area (Å²) in [6, 6.07) is 18.7. The highest BCUT2D eigenvalue weighted by Crippen LogP contribution is 2.22. The zero-order chi connectivity index (χ0) is 24.8. The van der Waals surface area contributed by atoms with Gasteiger partial charge in [0, 0.05) is 22.8 Å². The standard InChI is InChI=1S/C26H23ClN4O4/c1-2-4-18-15-28-26(31(24(18)32)16-17-7-9-19(27)10-8-17)29-20-11-13-21(14-12-20)35-23-6-3-5-22(30-23)25(33)34/h3,5-15H,2,4,16H2,1H3,(H,28,29)(H,33,34). The zero-order valence-corrected chi connectivity index (χ0v) is 19.7. The van der Waals surface area contributed by atoms with E-state index in [9.17, 15) is 9.59 Å². The normalized spacial score (nSPS) is 11.4. The zero-order valence-electron chi connectivity index (χ0n) is 18.9. The molecule has 0 bridgehead atoms. The monoisotopic (exact) mass is 490 g/mol. The molecule has 35 heavy (non-hydrogen) atoms. The van der Waals surface area contributed by atoms with E-state index in [1.165, 1.54) is 6.07 Å². The number of carboxylic acids is 1. The number of aromatic carboxylic acids is 1. The van der Waals surface area contributed by atoms with Crippen molar-refractivity contribution in [2.45, 2.75) is 26.3 Å². The Balaban J connectivity index is 1.64. The van der Waals surface area contributed by atoms with E-state index in [1.807, 2.05) is 19.1 Å². The van der Waals surface area contributed by atoms with Gasteiger partial charge in [0.15, 0.2) is 5.69 Å². The Hall–Kier alpha value is -4.17. The summed E-state index contributed by atoms with van der Waals surface area (Å²) in [5.41, 5.74) is 2.44. The van der Waals surface area contributed by atoms with E-state index in [0.717, 1.165) is 12.0 Å². The number of nitrogens with one attached hydrogen (secondary N) is 1. The summed E-state index contributed by atoms with van der Waals surface area (Å²) in [5, 5.41) is 9.71. The summed E-state index contributed by atoms with van der Waals surface area (Å²) in [6.07, 6.45) is 3.23. The number of pyridine rings is 1. The molecule has 9 heteroatoms. The fourth-order valence-corrected chi connectivity index (χ4v) is 3.57. The number of carbonyl (C=O) groups is 1. The van der Waals surface area contributed by atoms with Crippen LogP contribution < -0.4 is 15.9 Å². The van der Waals surface area contributed by atoms with Gasteiger partial charge in [-0.05, 0) is 54.4 Å². The molecule has 178 valence electrons. The van der Waals surface area contributed by atoms with Crippen LogP contribution in [0.25, 0.3) is 0 Å². The highest BCUT2D eigenvalue weighted by atomic mass is 35.5. The number of aryl methyl sites for hydroxylation is 1. The molecule has 0 aliphatic rings. The van der Waals surface area contributed by atoms with Gasteiger partial charge < -0.3 is 14.8 Å². The first-order chi connectivity index (χ1) is 16.9. The first-order valence-electron chi connectivity index (χ1n) is 11.0. The third kappa shape index (κ3) is 6.04. The fraction of sp³-hybridized carbons (Fsp3) is 0.154. The minimum absolute atomic E-state index is 0.0939. The smallest absolute Gasteiger partial charge is 0.354 e. The van der Waals surface area contributed by atoms with Crippen molar-refractivity contribution in [2.75, 3.05) is 0 Å². The predicted octanol–water partition coefficient (Wildman–Crippen LogP) is 4.95. The van der Waals surface area contributed by atoms with E-state index in [-0.39, 0.29) is 17.1 Å². The molecule has 0 saturated heterocycles. The van der Waals surface area contributed by atoms with Gasteiger partial charge in [0.05, 0.1) is 12.2 Å². The summed E-state index contributed by atoms with van der Waals surface area (Å²) in [4.78, 5) is 36.0. The lowest BCUT2D eigenvalue weighted by molar-refractivity contribution is 0.0689. The van der Waals surface area contributed by atoms with Gasteiger partial charge in [0.2, 0.25) is 11.5 Å². The molecule has 4 aromatic rings. The maximum Gasteiger partial charge on any atom is 0.354 e. The molecule has 0 atom stereocenters. The Morgan fingerprint density at radius 1 is 1.11 bits per heavy atom. The van der Waals surface area contributed by atoms with Crippen LogP contribution in [0.3, 0.4) is 0 Å². The van der Waals surface area contributed by atoms with E-state index in [1.54, 1.807) is 59.3 Å². The molecule has 0 saturated carbocycles. The molecule has 0 unspecified atom stereocenters. The van der Waals surface area contributed by atoms with E-state index < -0.39 is 5.97 Å². The van der Waals surface area contributed by atoms with Crippen LogP contribution in [0, 0.1) is 0 Å². The lowest BCUT2D eigenvalue weighted by atomic mass is 10.2. The van der Waals surface area contributed by atoms with Gasteiger partial charge >= 0.3 is 5.97 Å². The summed E-state index contributed by atoms with van der Waals surface area (Å²) in [5.74, 6) is -0.485. The second kappa shape index (κ2) is 10.8. The summed E-state index contributed by atoms with van der Waals surface area (Å²) >= 11 is 6.00. The van der Waals surface area contributed by atoms with E-state index in [0.29, 0.717) is 40.6 Å². The molecule has 0 fully saturated rings. The van der Waals surface area contributed by atoms with Gasteiger partial charge in [0.25, 0.3) is 5.56 Å². The Kier molecular flexibility index (Phi) is 7.42. The molecular weight excluding hydrogens is 468 g/mol. The summed E-state index contributed by atoms with van der Waals surface area (Å²) in [6.45, 7) is 2.37. The van der Waals surface area contributed by atoms with Crippen LogP contribution >= 0.6 is 11.6 Å². The molecule has 0 spiro atoms. The van der Waals surface area contributed by atoms with E-state index in [2.05, 4.69) is 15.0 Å². The molecule has 2 aromatic carbocycles. The molecule has 2 aromatic heterocycles. The fourth-order valence-electron chi connectivity index (χ4n) is 3.44. The number of hydrogen-bond donors (Lipinski definition) is 2. The van der Waals surface area contributed by atoms with Crippen molar-refractivity contribution in [3.05, 3.63) is 111 Å². The van der Waals surface area contributed by atoms with Crippen molar-refractivity contribution in [3.63, 3.8) is 0 Å². The number of H-pyrrole nitrogens is 1. The Bertz CT molecular complexity index is 1460. The maximum atomic E-state index is 13.2. The van der Waals surface area contributed by atoms with Gasteiger partial charge in [-0.25, -0.2) is 14.8 Å². The highest BCUT2D eigenvalue weighted by Gasteiger charge is 2.09. The Morgan fingerprint density at radius 3 is 2.54 bits per heavy atom. The van der Waals surface area contributed by atoms with Gasteiger partial charge in [0.1, 0.15) is 5.75 Å². The number of ether oxygens (including phenoxy) is 1. The average Bonchev–Trinajstić information content (AvgIpc) is 2.86. The second-order valence-corrected chi connectivity index (χ2v) is 8.22. The lowest BCUT2D eigenvalue weighted by Crippen LogP contribution is -2.37. The van der Waals surface area contributed by atoms with Crippen molar-refractivity contribution in [3.8, 4) is 11.6 Å². The second-order valence-electron chi connectivity index (χ2n) is 7.78. The van der Waals surface area contributed by atoms with Crippen LogP contribution in [-0.4, -0.2) is 25.6 Å². The van der Waals surface area contributed by atoms with E-state index >= 15 is 0 Å². The number of halogens is 1. The topological polar surface area (TPSA) is 110 Å². The summed E-state index contributed by atoms with van der Waals surface area (Å²) < 4.78 is 7.27. The third-order valence-corrected chi connectivity index (χ3v) is 5.41. The molecule has 8 nitrogen and oxygen atoms in total. The maximum absolute atomic E-state index is 13.2. The van der Waals surface area contributed by atoms with Crippen LogP contribution in [-0.2, 0) is 13.0 Å². The van der Waals surface area contributed by atoms with Crippen molar-refractivity contribution in [2.24, 2.45) is 4.99 Å². The van der Waals surface area contributed by atoms with Gasteiger partial charge in [-0.15, -0.1) is 0 Å². The number of nitrogens with zero attached hydrogens (tertiary/aromatic N) is 3. The third-order valence-electron chi connectivity index (χ3n) is 5.16. The minimum atomic E-state index is -1.13. The largest absolute Gasteiger partial charge is 0.477 e. The Morgan fingerprint density at radius 2 is 1.86 bits per heavy atom.